The second-order valence-electron chi connectivity index (χ2n) is 15.1. The third kappa shape index (κ3) is 10.4. The van der Waals surface area contributed by atoms with Gasteiger partial charge in [-0.05, 0) is 59.8 Å². The van der Waals surface area contributed by atoms with Crippen LogP contribution in [0.25, 0.3) is 43.8 Å². The number of rotatable bonds is 4. The Hall–Kier alpha value is -2.22. The van der Waals surface area contributed by atoms with E-state index in [1.54, 1.807) is 0 Å². The first-order chi connectivity index (χ1) is 23.7. The summed E-state index contributed by atoms with van der Waals surface area (Å²) in [6, 6.07) is 36.2. The number of hydrogen-bond donors (Lipinski definition) is 0. The molecular formula is C46H56Cl2SiZr. The molecule has 0 saturated heterocycles. The third-order valence-corrected chi connectivity index (χ3v) is 9.28. The zero-order chi connectivity index (χ0) is 37.2. The Morgan fingerprint density at radius 2 is 0.900 bits per heavy atom. The van der Waals surface area contributed by atoms with Crippen molar-refractivity contribution < 1.29 is 20.8 Å². The normalized spacial score (nSPS) is 11.2. The van der Waals surface area contributed by atoms with Gasteiger partial charge in [0.2, 0.25) is 0 Å². The fourth-order valence-electron chi connectivity index (χ4n) is 6.45. The average Bonchev–Trinajstić information content (AvgIpc) is 3.71. The van der Waals surface area contributed by atoms with Crippen LogP contribution >= 0.6 is 17.0 Å². The molecule has 50 heavy (non-hydrogen) atoms. The molecular weight excluding hydrogens is 743 g/mol. The molecule has 0 N–H and O–H groups in total. The van der Waals surface area contributed by atoms with Gasteiger partial charge in [-0.2, -0.15) is 12.1 Å². The van der Waals surface area contributed by atoms with Crippen LogP contribution in [0, 0.1) is 13.8 Å². The van der Waals surface area contributed by atoms with Crippen molar-refractivity contribution in [3.63, 3.8) is 0 Å². The summed E-state index contributed by atoms with van der Waals surface area (Å²) in [6.07, 6.45) is 2.13. The van der Waals surface area contributed by atoms with Crippen molar-refractivity contribution in [1.29, 1.82) is 0 Å². The molecule has 0 aliphatic carbocycles. The van der Waals surface area contributed by atoms with Crippen LogP contribution in [0.1, 0.15) is 88.8 Å². The monoisotopic (exact) mass is 796 g/mol. The first kappa shape index (κ1) is 42.2. The number of hydrogen-bond acceptors (Lipinski definition) is 0. The Balaban J connectivity index is 0.000000234. The second-order valence-corrected chi connectivity index (χ2v) is 19.8. The van der Waals surface area contributed by atoms with Gasteiger partial charge in [-0.1, -0.05) is 139 Å². The zero-order valence-corrected chi connectivity index (χ0v) is 37.4. The molecule has 6 aromatic carbocycles. The molecule has 0 bridgehead atoms. The molecule has 0 heterocycles. The predicted octanol–water partition coefficient (Wildman–Crippen LogP) is 15.0. The van der Waals surface area contributed by atoms with Crippen LogP contribution < -0.4 is 0 Å². The fraction of sp³-hybridized carbons (Fsp3) is 0.348. The molecule has 0 amide bonds. The molecule has 0 atom stereocenters. The quantitative estimate of drug-likeness (QED) is 0.123. The van der Waals surface area contributed by atoms with Crippen LogP contribution in [0.2, 0.25) is 13.1 Å². The summed E-state index contributed by atoms with van der Waals surface area (Å²) in [5.74, 6) is 0. The molecule has 0 spiro atoms. The van der Waals surface area contributed by atoms with Gasteiger partial charge in [0.25, 0.3) is 0 Å². The molecule has 0 aliphatic rings. The van der Waals surface area contributed by atoms with Gasteiger partial charge in [-0.3, -0.25) is 0 Å². The average molecular weight is 799 g/mol. The summed E-state index contributed by atoms with van der Waals surface area (Å²) in [6.45, 7) is 26.9. The topological polar surface area (TPSA) is 0 Å². The molecule has 0 fully saturated rings. The summed E-state index contributed by atoms with van der Waals surface area (Å²) in [7, 11) is 11.0. The summed E-state index contributed by atoms with van der Waals surface area (Å²) >= 11 is -0.826. The van der Waals surface area contributed by atoms with E-state index < -0.39 is 20.8 Å². The van der Waals surface area contributed by atoms with Gasteiger partial charge in [0, 0.05) is 9.52 Å². The number of benzene rings is 4. The summed E-state index contributed by atoms with van der Waals surface area (Å²) in [4.78, 5) is 0. The number of halogens is 2. The van der Waals surface area contributed by atoms with Gasteiger partial charge in [-0.15, -0.1) is 69.1 Å². The van der Waals surface area contributed by atoms with Crippen molar-refractivity contribution in [2.24, 2.45) is 0 Å². The Morgan fingerprint density at radius 1 is 0.580 bits per heavy atom. The SMILES string of the molecule is CCc1ccc2[cH-]c(C(C)(C)C)cc2c1-c1ccccc1C.CCc1ccc2[cH-]c(C(C)(C)C)cc2c1-c1ccccc1C.C[Si]C.[Cl][Zr+2][Cl]. The first-order valence-electron chi connectivity index (χ1n) is 17.8. The maximum atomic E-state index is 4.93. The van der Waals surface area contributed by atoms with Gasteiger partial charge in [0.05, 0.1) is 0 Å². The molecule has 4 heteroatoms. The van der Waals surface area contributed by atoms with E-state index in [0.717, 1.165) is 22.4 Å². The Labute approximate surface area is 325 Å². The number of aryl methyl sites for hydroxylation is 4. The van der Waals surface area contributed by atoms with E-state index in [1.165, 1.54) is 77.2 Å². The maximum absolute atomic E-state index is 4.93. The summed E-state index contributed by atoms with van der Waals surface area (Å²) in [5.41, 5.74) is 14.4. The van der Waals surface area contributed by atoms with E-state index in [1.807, 2.05) is 0 Å². The minimum absolute atomic E-state index is 0.189. The predicted molar refractivity (Wildman–Crippen MR) is 225 cm³/mol. The van der Waals surface area contributed by atoms with Crippen molar-refractivity contribution in [2.45, 2.75) is 106 Å². The van der Waals surface area contributed by atoms with E-state index in [4.69, 9.17) is 17.0 Å². The molecule has 262 valence electrons. The van der Waals surface area contributed by atoms with Gasteiger partial charge >= 0.3 is 37.9 Å². The van der Waals surface area contributed by atoms with Crippen molar-refractivity contribution in [3.8, 4) is 22.3 Å². The van der Waals surface area contributed by atoms with Gasteiger partial charge in [-0.25, -0.2) is 0 Å². The molecule has 2 radical (unpaired) electrons. The van der Waals surface area contributed by atoms with E-state index >= 15 is 0 Å². The molecule has 0 unspecified atom stereocenters. The fourth-order valence-corrected chi connectivity index (χ4v) is 6.45. The Kier molecular flexibility index (Phi) is 16.1. The van der Waals surface area contributed by atoms with Crippen LogP contribution in [-0.4, -0.2) is 9.52 Å². The molecule has 0 aromatic heterocycles. The van der Waals surface area contributed by atoms with Crippen LogP contribution in [0.3, 0.4) is 0 Å². The van der Waals surface area contributed by atoms with Crippen molar-refractivity contribution in [3.05, 3.63) is 130 Å². The van der Waals surface area contributed by atoms with Crippen molar-refractivity contribution in [1.82, 2.24) is 0 Å². The molecule has 6 rings (SSSR count). The van der Waals surface area contributed by atoms with Crippen LogP contribution in [0.4, 0.5) is 0 Å². The third-order valence-electron chi connectivity index (χ3n) is 9.28. The molecule has 0 nitrogen and oxygen atoms in total. The van der Waals surface area contributed by atoms with Crippen LogP contribution in [0.5, 0.6) is 0 Å². The van der Waals surface area contributed by atoms with Gasteiger partial charge in [0.1, 0.15) is 0 Å². The van der Waals surface area contributed by atoms with Crippen molar-refractivity contribution >= 4 is 48.1 Å². The van der Waals surface area contributed by atoms with Gasteiger partial charge < -0.3 is 0 Å². The summed E-state index contributed by atoms with van der Waals surface area (Å²) < 4.78 is 0. The zero-order valence-electron chi connectivity index (χ0n) is 32.4. The van der Waals surface area contributed by atoms with E-state index in [2.05, 4.69) is 179 Å². The van der Waals surface area contributed by atoms with Crippen LogP contribution in [0.15, 0.2) is 97.1 Å². The van der Waals surface area contributed by atoms with Crippen molar-refractivity contribution in [2.75, 3.05) is 0 Å². The molecule has 0 aliphatic heterocycles. The van der Waals surface area contributed by atoms with Crippen LogP contribution in [-0.2, 0) is 44.5 Å². The van der Waals surface area contributed by atoms with E-state index in [-0.39, 0.29) is 10.8 Å². The second kappa shape index (κ2) is 19.0. The van der Waals surface area contributed by atoms with Gasteiger partial charge in [0.15, 0.2) is 0 Å². The van der Waals surface area contributed by atoms with E-state index in [9.17, 15) is 0 Å². The molecule has 0 saturated carbocycles. The standard InChI is InChI=1S/2C22H25.C2H6Si.2ClH.Zr/c2*1-6-16-11-12-17-13-18(22(3,4)5)14-20(17)21(16)19-10-8-7-9-15(19)2;1-3-2;;;/h2*7-14H,6H2,1-5H3;1-2H3;2*1H;/q2*-1;;;;+4/p-2. The number of fused-ring (bicyclic) bond motifs is 2. The minimum atomic E-state index is -0.826. The molecule has 6 aromatic rings. The first-order valence-corrected chi connectivity index (χ1v) is 26.1. The van der Waals surface area contributed by atoms with E-state index in [0.29, 0.717) is 0 Å². The summed E-state index contributed by atoms with van der Waals surface area (Å²) in [5, 5.41) is 5.53. The Morgan fingerprint density at radius 3 is 1.18 bits per heavy atom. The Bertz CT molecular complexity index is 1820.